The fourth-order valence-electron chi connectivity index (χ4n) is 3.21. The van der Waals surface area contributed by atoms with Crippen LogP contribution in [0.1, 0.15) is 18.4 Å². The van der Waals surface area contributed by atoms with Crippen molar-refractivity contribution < 1.29 is 22.7 Å². The van der Waals surface area contributed by atoms with Crippen LogP contribution in [0, 0.1) is 12.8 Å². The van der Waals surface area contributed by atoms with Crippen LogP contribution in [0.3, 0.4) is 0 Å². The Balaban J connectivity index is 1.48. The number of rotatable bonds is 6. The third kappa shape index (κ3) is 5.51. The van der Waals surface area contributed by atoms with Crippen LogP contribution in [-0.2, 0) is 24.3 Å². The van der Waals surface area contributed by atoms with Gasteiger partial charge in [-0.2, -0.15) is 0 Å². The lowest BCUT2D eigenvalue weighted by Gasteiger charge is -2.30. The van der Waals surface area contributed by atoms with Crippen LogP contribution in [0.25, 0.3) is 0 Å². The zero-order valence-corrected chi connectivity index (χ0v) is 17.3. The van der Waals surface area contributed by atoms with Gasteiger partial charge in [0.25, 0.3) is 5.91 Å². The average molecular weight is 433 g/mol. The molecule has 0 aliphatic carbocycles. The van der Waals surface area contributed by atoms with E-state index in [0.29, 0.717) is 37.4 Å². The van der Waals surface area contributed by atoms with E-state index in [1.807, 2.05) is 4.90 Å². The molecule has 0 atom stereocenters. The number of hydrogen-bond donors (Lipinski definition) is 2. The summed E-state index contributed by atoms with van der Waals surface area (Å²) in [7, 11) is -3.91. The first kappa shape index (κ1) is 21.7. The molecule has 160 valence electrons. The Bertz CT molecular complexity index is 1020. The second kappa shape index (κ2) is 9.18. The van der Waals surface area contributed by atoms with Gasteiger partial charge in [-0.15, -0.1) is 0 Å². The molecule has 2 aromatic rings. The second-order valence-corrected chi connectivity index (χ2v) is 8.52. The molecule has 11 heteroatoms. The number of hydrogen-bond acceptors (Lipinski definition) is 8. The highest BCUT2D eigenvalue weighted by Crippen LogP contribution is 2.22. The minimum absolute atomic E-state index is 0.0774. The number of benzene rings is 1. The van der Waals surface area contributed by atoms with Gasteiger partial charge in [0.2, 0.25) is 16.0 Å². The number of piperidine rings is 1. The lowest BCUT2D eigenvalue weighted by atomic mass is 9.97. The molecule has 1 aliphatic heterocycles. The van der Waals surface area contributed by atoms with Gasteiger partial charge in [-0.05, 0) is 43.5 Å². The maximum Gasteiger partial charge on any atom is 0.309 e. The number of esters is 1. The largest absolute Gasteiger partial charge is 0.455 e. The number of nitrogens with one attached hydrogen (secondary N) is 1. The van der Waals surface area contributed by atoms with Crippen molar-refractivity contribution in [1.82, 2.24) is 9.97 Å². The van der Waals surface area contributed by atoms with E-state index in [1.165, 1.54) is 12.1 Å². The third-order valence-corrected chi connectivity index (χ3v) is 5.84. The number of anilines is 2. The molecule has 0 spiro atoms. The number of carbonyl (C=O) groups excluding carboxylic acids is 2. The molecule has 0 radical (unpaired) electrons. The van der Waals surface area contributed by atoms with E-state index in [2.05, 4.69) is 15.3 Å². The molecule has 30 heavy (non-hydrogen) atoms. The van der Waals surface area contributed by atoms with Crippen molar-refractivity contribution in [2.75, 3.05) is 29.9 Å². The zero-order valence-electron chi connectivity index (χ0n) is 16.4. The maximum atomic E-state index is 12.3. The summed E-state index contributed by atoms with van der Waals surface area (Å²) in [5.74, 6) is -0.678. The highest BCUT2D eigenvalue weighted by atomic mass is 32.2. The Morgan fingerprint density at radius 3 is 2.53 bits per heavy atom. The molecule has 0 bridgehead atoms. The topological polar surface area (TPSA) is 145 Å². The number of aromatic nitrogens is 2. The van der Waals surface area contributed by atoms with Gasteiger partial charge < -0.3 is 15.0 Å². The molecule has 1 aromatic heterocycles. The van der Waals surface area contributed by atoms with Crippen molar-refractivity contribution in [2.24, 2.45) is 11.1 Å². The van der Waals surface area contributed by atoms with E-state index in [9.17, 15) is 18.0 Å². The number of ether oxygens (including phenoxy) is 1. The Labute approximate surface area is 174 Å². The van der Waals surface area contributed by atoms with Gasteiger partial charge in [-0.3, -0.25) is 9.59 Å². The van der Waals surface area contributed by atoms with E-state index >= 15 is 0 Å². The van der Waals surface area contributed by atoms with Crippen LogP contribution < -0.4 is 15.4 Å². The smallest absolute Gasteiger partial charge is 0.309 e. The molecule has 1 amide bonds. The molecule has 1 aliphatic rings. The molecule has 0 unspecified atom stereocenters. The van der Waals surface area contributed by atoms with E-state index in [-0.39, 0.29) is 16.5 Å². The summed E-state index contributed by atoms with van der Waals surface area (Å²) in [4.78, 5) is 34.7. The molecule has 1 aromatic carbocycles. The Morgan fingerprint density at radius 1 is 1.23 bits per heavy atom. The van der Waals surface area contributed by atoms with E-state index in [4.69, 9.17) is 9.88 Å². The van der Waals surface area contributed by atoms with Gasteiger partial charge in [0.1, 0.15) is 0 Å². The minimum atomic E-state index is -3.91. The van der Waals surface area contributed by atoms with Crippen LogP contribution in [0.4, 0.5) is 11.6 Å². The molecule has 1 saturated heterocycles. The second-order valence-electron chi connectivity index (χ2n) is 6.99. The number of nitrogens with two attached hydrogens (primary N) is 1. The summed E-state index contributed by atoms with van der Waals surface area (Å²) in [5, 5.41) is 7.67. The summed E-state index contributed by atoms with van der Waals surface area (Å²) < 4.78 is 28.3. The summed E-state index contributed by atoms with van der Waals surface area (Å²) in [5.41, 5.74) is 0.719. The van der Waals surface area contributed by atoms with Crippen molar-refractivity contribution in [3.63, 3.8) is 0 Å². The van der Waals surface area contributed by atoms with Gasteiger partial charge >= 0.3 is 5.97 Å². The van der Waals surface area contributed by atoms with Gasteiger partial charge in [-0.25, -0.2) is 23.5 Å². The lowest BCUT2D eigenvalue weighted by Crippen LogP contribution is -2.38. The molecular weight excluding hydrogens is 410 g/mol. The van der Waals surface area contributed by atoms with Gasteiger partial charge in [0.05, 0.1) is 10.8 Å². The Kier molecular flexibility index (Phi) is 6.63. The van der Waals surface area contributed by atoms with Crippen molar-refractivity contribution >= 4 is 33.5 Å². The summed E-state index contributed by atoms with van der Waals surface area (Å²) in [6.45, 7) is 2.38. The van der Waals surface area contributed by atoms with E-state index < -0.39 is 28.5 Å². The van der Waals surface area contributed by atoms with Crippen molar-refractivity contribution in [2.45, 2.75) is 24.7 Å². The van der Waals surface area contributed by atoms with Gasteiger partial charge in [0.15, 0.2) is 6.61 Å². The van der Waals surface area contributed by atoms with Crippen LogP contribution in [0.15, 0.2) is 41.6 Å². The van der Waals surface area contributed by atoms with Crippen LogP contribution in [0.5, 0.6) is 0 Å². The fraction of sp³-hybridized carbons (Fsp3) is 0.368. The molecule has 1 fully saturated rings. The molecule has 10 nitrogen and oxygen atoms in total. The predicted octanol–water partition coefficient (Wildman–Crippen LogP) is 0.831. The number of aryl methyl sites for hydroxylation is 1. The van der Waals surface area contributed by atoms with Crippen molar-refractivity contribution in [1.29, 1.82) is 0 Å². The summed E-state index contributed by atoms with van der Waals surface area (Å²) in [6, 6.07) is 6.09. The lowest BCUT2D eigenvalue weighted by molar-refractivity contribution is -0.152. The Hall–Kier alpha value is -3.05. The van der Waals surface area contributed by atoms with Gasteiger partial charge in [-0.1, -0.05) is 6.07 Å². The Morgan fingerprint density at radius 2 is 1.90 bits per heavy atom. The van der Waals surface area contributed by atoms with Gasteiger partial charge in [0, 0.05) is 31.2 Å². The fourth-order valence-corrected chi connectivity index (χ4v) is 4.01. The predicted molar refractivity (Wildman–Crippen MR) is 109 cm³/mol. The highest BCUT2D eigenvalue weighted by Gasteiger charge is 2.27. The van der Waals surface area contributed by atoms with E-state index in [0.717, 1.165) is 0 Å². The van der Waals surface area contributed by atoms with Crippen LogP contribution in [-0.4, -0.2) is 50.0 Å². The first-order valence-corrected chi connectivity index (χ1v) is 10.9. The number of primary sulfonamides is 1. The molecule has 3 N–H and O–H groups in total. The number of sulfonamides is 1. The summed E-state index contributed by atoms with van der Waals surface area (Å²) in [6.07, 6.45) is 4.49. The highest BCUT2D eigenvalue weighted by molar-refractivity contribution is 7.89. The monoisotopic (exact) mass is 433 g/mol. The number of nitrogens with zero attached hydrogens (tertiary/aromatic N) is 3. The zero-order chi connectivity index (χ0) is 21.7. The molecular formula is C19H23N5O5S. The van der Waals surface area contributed by atoms with E-state index in [1.54, 1.807) is 31.5 Å². The standard InChI is InChI=1S/C19H23N5O5S/c1-13-3-4-15(11-16(13)30(20,27)28)23-17(25)12-29-18(26)14-5-9-24(10-6-14)19-21-7-2-8-22-19/h2-4,7-8,11,14H,5-6,9-10,12H2,1H3,(H,23,25)(H2,20,27,28). The minimum Gasteiger partial charge on any atom is -0.455 e. The quantitative estimate of drug-likeness (QED) is 0.637. The summed E-state index contributed by atoms with van der Waals surface area (Å²) >= 11 is 0. The maximum absolute atomic E-state index is 12.3. The van der Waals surface area contributed by atoms with Crippen LogP contribution >= 0.6 is 0 Å². The molecule has 2 heterocycles. The van der Waals surface area contributed by atoms with Crippen molar-refractivity contribution in [3.05, 3.63) is 42.2 Å². The SMILES string of the molecule is Cc1ccc(NC(=O)COC(=O)C2CCN(c3ncccn3)CC2)cc1S(N)(=O)=O. The van der Waals surface area contributed by atoms with Crippen molar-refractivity contribution in [3.8, 4) is 0 Å². The molecule has 3 rings (SSSR count). The normalized spacial score (nSPS) is 14.9. The van der Waals surface area contributed by atoms with Crippen LogP contribution in [0.2, 0.25) is 0 Å². The number of carbonyl (C=O) groups is 2. The third-order valence-electron chi connectivity index (χ3n) is 4.79. The first-order chi connectivity index (χ1) is 14.2. The number of amides is 1. The first-order valence-electron chi connectivity index (χ1n) is 9.36. The molecule has 0 saturated carbocycles. The average Bonchev–Trinajstić information content (AvgIpc) is 2.73.